The van der Waals surface area contributed by atoms with E-state index >= 15 is 0 Å². The molecule has 1 aromatic carbocycles. The molecule has 1 unspecified atom stereocenters. The quantitative estimate of drug-likeness (QED) is 0.575. The first kappa shape index (κ1) is 11.0. The van der Waals surface area contributed by atoms with Gasteiger partial charge in [-0.05, 0) is 18.2 Å². The van der Waals surface area contributed by atoms with Crippen molar-refractivity contribution in [1.82, 2.24) is 0 Å². The average molecular weight is 225 g/mol. The second-order valence-electron chi connectivity index (χ2n) is 3.96. The molecule has 0 aromatic heterocycles. The predicted molar refractivity (Wildman–Crippen MR) is 64.9 cm³/mol. The van der Waals surface area contributed by atoms with Crippen molar-refractivity contribution < 1.29 is 4.79 Å². The number of carbonyl (C=O) groups excluding carboxylic acids is 1. The van der Waals surface area contributed by atoms with Gasteiger partial charge in [-0.2, -0.15) is 5.26 Å². The van der Waals surface area contributed by atoms with Crippen molar-refractivity contribution in [2.45, 2.75) is 6.42 Å². The fourth-order valence-corrected chi connectivity index (χ4v) is 1.92. The molecule has 0 bridgehead atoms. The largest absolute Gasteiger partial charge is 0.397 e. The van der Waals surface area contributed by atoms with Crippen molar-refractivity contribution in [2.24, 2.45) is 5.92 Å². The number of benzene rings is 1. The van der Waals surface area contributed by atoms with Crippen molar-refractivity contribution in [1.29, 1.82) is 5.26 Å². The van der Waals surface area contributed by atoms with E-state index in [9.17, 15) is 4.79 Å². The molecular weight excluding hydrogens is 214 g/mol. The van der Waals surface area contributed by atoms with Gasteiger partial charge in [-0.15, -0.1) is 12.3 Å². The normalized spacial score (nSPS) is 18.8. The number of hydrogen-bond donors (Lipinski definition) is 1. The van der Waals surface area contributed by atoms with Crippen LogP contribution in [-0.4, -0.2) is 12.5 Å². The maximum atomic E-state index is 11.8. The van der Waals surface area contributed by atoms with Gasteiger partial charge in [-0.25, -0.2) is 0 Å². The number of nitrogens with two attached hydrogens (primary N) is 1. The van der Waals surface area contributed by atoms with Gasteiger partial charge >= 0.3 is 0 Å². The van der Waals surface area contributed by atoms with Gasteiger partial charge in [-0.1, -0.05) is 0 Å². The van der Waals surface area contributed by atoms with Crippen LogP contribution in [0.5, 0.6) is 0 Å². The Hall–Kier alpha value is -2.46. The zero-order chi connectivity index (χ0) is 12.4. The summed E-state index contributed by atoms with van der Waals surface area (Å²) in [5.41, 5.74) is 7.36. The molecule has 1 fully saturated rings. The van der Waals surface area contributed by atoms with Crippen molar-refractivity contribution >= 4 is 17.3 Å². The van der Waals surface area contributed by atoms with Crippen LogP contribution in [0.25, 0.3) is 0 Å². The lowest BCUT2D eigenvalue weighted by molar-refractivity contribution is -0.117. The van der Waals surface area contributed by atoms with Crippen LogP contribution in [0.4, 0.5) is 11.4 Å². The molecule has 1 aliphatic rings. The van der Waals surface area contributed by atoms with Gasteiger partial charge < -0.3 is 10.6 Å². The lowest BCUT2D eigenvalue weighted by Gasteiger charge is -2.18. The summed E-state index contributed by atoms with van der Waals surface area (Å²) in [5, 5.41) is 8.74. The molecule has 0 saturated carbocycles. The fourth-order valence-electron chi connectivity index (χ4n) is 1.92. The van der Waals surface area contributed by atoms with E-state index < -0.39 is 0 Å². The third kappa shape index (κ3) is 1.93. The van der Waals surface area contributed by atoms with Crippen molar-refractivity contribution in [3.8, 4) is 18.4 Å². The molecule has 1 aliphatic heterocycles. The van der Waals surface area contributed by atoms with Crippen molar-refractivity contribution in [3.63, 3.8) is 0 Å². The smallest absolute Gasteiger partial charge is 0.228 e. The van der Waals surface area contributed by atoms with E-state index in [-0.39, 0.29) is 11.8 Å². The van der Waals surface area contributed by atoms with Crippen LogP contribution < -0.4 is 10.6 Å². The number of anilines is 2. The van der Waals surface area contributed by atoms with Crippen LogP contribution in [0.15, 0.2) is 18.2 Å². The van der Waals surface area contributed by atoms with Crippen LogP contribution in [0, 0.1) is 29.6 Å². The van der Waals surface area contributed by atoms with Crippen LogP contribution in [0.1, 0.15) is 12.0 Å². The zero-order valence-electron chi connectivity index (χ0n) is 9.18. The third-order valence-electron chi connectivity index (χ3n) is 2.81. The van der Waals surface area contributed by atoms with E-state index in [2.05, 4.69) is 5.92 Å². The van der Waals surface area contributed by atoms with E-state index in [0.29, 0.717) is 29.9 Å². The van der Waals surface area contributed by atoms with Gasteiger partial charge in [0.15, 0.2) is 0 Å². The Labute approximate surface area is 99.6 Å². The predicted octanol–water partition coefficient (Wildman–Crippen LogP) is 1.13. The van der Waals surface area contributed by atoms with Crippen molar-refractivity contribution in [2.75, 3.05) is 17.2 Å². The van der Waals surface area contributed by atoms with Gasteiger partial charge in [0, 0.05) is 18.9 Å². The second-order valence-corrected chi connectivity index (χ2v) is 3.96. The highest BCUT2D eigenvalue weighted by Gasteiger charge is 2.30. The summed E-state index contributed by atoms with van der Waals surface area (Å²) in [7, 11) is 0. The minimum Gasteiger partial charge on any atom is -0.397 e. The number of amides is 1. The number of nitrogens with zero attached hydrogens (tertiary/aromatic N) is 2. The molecule has 0 aliphatic carbocycles. The molecule has 4 heteroatoms. The number of rotatable bonds is 1. The number of hydrogen-bond acceptors (Lipinski definition) is 3. The monoisotopic (exact) mass is 225 g/mol. The van der Waals surface area contributed by atoms with Gasteiger partial charge in [0.05, 0.1) is 23.0 Å². The maximum absolute atomic E-state index is 11.8. The Kier molecular flexibility index (Phi) is 2.72. The SMILES string of the molecule is C#CC1CC(=O)N(c2ccc(C#N)cc2N)C1. The van der Waals surface area contributed by atoms with E-state index in [0.717, 1.165) is 0 Å². The number of terminal acetylenes is 1. The summed E-state index contributed by atoms with van der Waals surface area (Å²) in [5.74, 6) is 2.50. The third-order valence-corrected chi connectivity index (χ3v) is 2.81. The second kappa shape index (κ2) is 4.19. The van der Waals surface area contributed by atoms with Crippen molar-refractivity contribution in [3.05, 3.63) is 23.8 Å². The summed E-state index contributed by atoms with van der Waals surface area (Å²) in [6.45, 7) is 0.492. The molecule has 2 N–H and O–H groups in total. The lowest BCUT2D eigenvalue weighted by atomic mass is 10.1. The number of carbonyl (C=O) groups is 1. The summed E-state index contributed by atoms with van der Waals surface area (Å²) in [6, 6.07) is 6.89. The summed E-state index contributed by atoms with van der Waals surface area (Å²) in [6.07, 6.45) is 5.67. The molecule has 1 aromatic rings. The molecule has 84 valence electrons. The number of nitriles is 1. The van der Waals surface area contributed by atoms with E-state index in [1.807, 2.05) is 6.07 Å². The first-order chi connectivity index (χ1) is 8.15. The molecule has 1 amide bonds. The Bertz CT molecular complexity index is 551. The highest BCUT2D eigenvalue weighted by Crippen LogP contribution is 2.30. The first-order valence-electron chi connectivity index (χ1n) is 5.22. The topological polar surface area (TPSA) is 70.1 Å². The van der Waals surface area contributed by atoms with E-state index in [4.69, 9.17) is 17.4 Å². The van der Waals surface area contributed by atoms with E-state index in [1.54, 1.807) is 23.1 Å². The highest BCUT2D eigenvalue weighted by molar-refractivity contribution is 5.98. The molecule has 1 saturated heterocycles. The van der Waals surface area contributed by atoms with Crippen LogP contribution in [-0.2, 0) is 4.79 Å². The maximum Gasteiger partial charge on any atom is 0.228 e. The molecule has 1 heterocycles. The molecular formula is C13H11N3O. The standard InChI is InChI=1S/C13H11N3O/c1-2-9-6-13(17)16(8-9)12-4-3-10(7-14)5-11(12)15/h1,3-5,9H,6,8,15H2. The number of nitrogen functional groups attached to an aromatic ring is 1. The zero-order valence-corrected chi connectivity index (χ0v) is 9.18. The van der Waals surface area contributed by atoms with Gasteiger partial charge in [-0.3, -0.25) is 4.79 Å². The summed E-state index contributed by atoms with van der Waals surface area (Å²) >= 11 is 0. The molecule has 0 spiro atoms. The Morgan fingerprint density at radius 1 is 1.53 bits per heavy atom. The fraction of sp³-hybridized carbons (Fsp3) is 0.231. The minimum absolute atomic E-state index is 0.0237. The van der Waals surface area contributed by atoms with E-state index in [1.165, 1.54) is 0 Å². The summed E-state index contributed by atoms with van der Waals surface area (Å²) < 4.78 is 0. The average Bonchev–Trinajstić information content (AvgIpc) is 2.70. The van der Waals surface area contributed by atoms with Gasteiger partial charge in [0.1, 0.15) is 0 Å². The molecule has 1 atom stereocenters. The Morgan fingerprint density at radius 3 is 2.82 bits per heavy atom. The van der Waals surface area contributed by atoms with Crippen LogP contribution in [0.3, 0.4) is 0 Å². The Morgan fingerprint density at radius 2 is 2.29 bits per heavy atom. The van der Waals surface area contributed by atoms with Crippen LogP contribution >= 0.6 is 0 Å². The summed E-state index contributed by atoms with van der Waals surface area (Å²) in [4.78, 5) is 13.3. The molecule has 17 heavy (non-hydrogen) atoms. The van der Waals surface area contributed by atoms with Crippen LogP contribution in [0.2, 0.25) is 0 Å². The highest BCUT2D eigenvalue weighted by atomic mass is 16.2. The Balaban J connectivity index is 2.33. The lowest BCUT2D eigenvalue weighted by Crippen LogP contribution is -2.25. The van der Waals surface area contributed by atoms with Gasteiger partial charge in [0.2, 0.25) is 5.91 Å². The minimum atomic E-state index is -0.0578. The molecule has 0 radical (unpaired) electrons. The molecule has 2 rings (SSSR count). The van der Waals surface area contributed by atoms with Gasteiger partial charge in [0.25, 0.3) is 0 Å². The first-order valence-corrected chi connectivity index (χ1v) is 5.22. The molecule has 4 nitrogen and oxygen atoms in total.